The Morgan fingerprint density at radius 3 is 2.50 bits per heavy atom. The van der Waals surface area contributed by atoms with E-state index in [2.05, 4.69) is 4.74 Å². The van der Waals surface area contributed by atoms with E-state index in [4.69, 9.17) is 5.14 Å². The normalized spacial score (nSPS) is 15.4. The van der Waals surface area contributed by atoms with Crippen LogP contribution in [0.1, 0.15) is 38.2 Å². The topological polar surface area (TPSA) is 72.6 Å². The molecule has 0 saturated heterocycles. The van der Waals surface area contributed by atoms with E-state index in [-0.39, 0.29) is 18.3 Å². The highest BCUT2D eigenvalue weighted by molar-refractivity contribution is 7.84. The second-order valence-corrected chi connectivity index (χ2v) is 7.29. The van der Waals surface area contributed by atoms with Crippen molar-refractivity contribution >= 4 is 11.0 Å². The molecule has 126 valence electrons. The molecule has 0 aromatic heterocycles. The molecule has 0 fully saturated rings. The molecule has 8 heteroatoms. The Hall–Kier alpha value is -1.12. The highest BCUT2D eigenvalue weighted by Gasteiger charge is 2.32. The van der Waals surface area contributed by atoms with Crippen LogP contribution in [0.2, 0.25) is 0 Å². The molecule has 3 N–H and O–H groups in total. The molecule has 22 heavy (non-hydrogen) atoms. The van der Waals surface area contributed by atoms with Gasteiger partial charge in [-0.2, -0.15) is 0 Å². The zero-order valence-electron chi connectivity index (χ0n) is 12.4. The van der Waals surface area contributed by atoms with Gasteiger partial charge in [0.25, 0.3) is 0 Å². The average molecular weight is 339 g/mol. The molecule has 0 aliphatic carbocycles. The van der Waals surface area contributed by atoms with Gasteiger partial charge < -0.3 is 9.84 Å². The lowest BCUT2D eigenvalue weighted by Crippen LogP contribution is -2.34. The molecule has 0 heterocycles. The van der Waals surface area contributed by atoms with Crippen LogP contribution in [-0.2, 0) is 11.0 Å². The second-order valence-electron chi connectivity index (χ2n) is 5.59. The van der Waals surface area contributed by atoms with Crippen LogP contribution in [0.3, 0.4) is 0 Å². The molecule has 2 atom stereocenters. The van der Waals surface area contributed by atoms with Crippen LogP contribution in [0.4, 0.5) is 13.2 Å². The summed E-state index contributed by atoms with van der Waals surface area (Å²) in [5, 5.41) is 14.6. The number of aliphatic hydroxyl groups is 1. The average Bonchev–Trinajstić information content (AvgIpc) is 2.36. The van der Waals surface area contributed by atoms with E-state index < -0.39 is 22.1 Å². The maximum absolute atomic E-state index is 12.3. The lowest BCUT2D eigenvalue weighted by Gasteiger charge is -2.27. The molecule has 4 nitrogen and oxygen atoms in total. The van der Waals surface area contributed by atoms with Crippen LogP contribution in [0, 0.1) is 0 Å². The standard InChI is InChI=1S/C14H20F3NO3S/c1-13(2,22(18)20)9-11(6-7-19)10-4-3-5-12(8-10)21-14(15,16)17/h3-5,8,11,19H,6-7,9,18H2,1-2H3/t11-,22?/m0/s1. The first-order valence-electron chi connectivity index (χ1n) is 6.68. The van der Waals surface area contributed by atoms with E-state index in [1.54, 1.807) is 19.9 Å². The van der Waals surface area contributed by atoms with Gasteiger partial charge in [0.2, 0.25) is 0 Å². The predicted octanol–water partition coefficient (Wildman–Crippen LogP) is 2.84. The second kappa shape index (κ2) is 7.43. The van der Waals surface area contributed by atoms with Gasteiger partial charge in [-0.3, -0.25) is 5.14 Å². The largest absolute Gasteiger partial charge is 0.573 e. The first-order valence-corrected chi connectivity index (χ1v) is 7.89. The van der Waals surface area contributed by atoms with Gasteiger partial charge in [0.1, 0.15) is 5.75 Å². The Balaban J connectivity index is 3.01. The summed E-state index contributed by atoms with van der Waals surface area (Å²) in [6.07, 6.45) is -4.06. The summed E-state index contributed by atoms with van der Waals surface area (Å²) in [7, 11) is -1.59. The SMILES string of the molecule is CC(C)(C[C@H](CCO)c1cccc(OC(F)(F)F)c1)S(N)=O. The van der Waals surface area contributed by atoms with E-state index in [1.807, 2.05) is 0 Å². The molecule has 1 rings (SSSR count). The predicted molar refractivity (Wildman–Crippen MR) is 78.6 cm³/mol. The molecule has 0 amide bonds. The summed E-state index contributed by atoms with van der Waals surface area (Å²) < 4.78 is 51.6. The number of hydrogen-bond donors (Lipinski definition) is 2. The van der Waals surface area contributed by atoms with Crippen molar-refractivity contribution in [1.82, 2.24) is 0 Å². The van der Waals surface area contributed by atoms with Crippen molar-refractivity contribution in [2.75, 3.05) is 6.61 Å². The number of hydrogen-bond acceptors (Lipinski definition) is 3. The third-order valence-corrected chi connectivity index (χ3v) is 4.58. The fraction of sp³-hybridized carbons (Fsp3) is 0.571. The molecule has 1 aromatic carbocycles. The molecule has 0 saturated carbocycles. The fourth-order valence-electron chi connectivity index (χ4n) is 2.18. The van der Waals surface area contributed by atoms with Crippen molar-refractivity contribution in [2.24, 2.45) is 5.14 Å². The molecule has 0 bridgehead atoms. The summed E-state index contributed by atoms with van der Waals surface area (Å²) >= 11 is 0. The van der Waals surface area contributed by atoms with Gasteiger partial charge in [0, 0.05) is 6.61 Å². The Morgan fingerprint density at radius 1 is 1.36 bits per heavy atom. The van der Waals surface area contributed by atoms with Crippen molar-refractivity contribution in [3.8, 4) is 5.75 Å². The van der Waals surface area contributed by atoms with Gasteiger partial charge >= 0.3 is 6.36 Å². The minimum Gasteiger partial charge on any atom is -0.406 e. The van der Waals surface area contributed by atoms with Gasteiger partial charge in [-0.05, 0) is 50.3 Å². The minimum atomic E-state index is -4.76. The monoisotopic (exact) mass is 339 g/mol. The molecular formula is C14H20F3NO3S. The number of ether oxygens (including phenoxy) is 1. The van der Waals surface area contributed by atoms with Crippen LogP contribution >= 0.6 is 0 Å². The number of rotatable bonds is 7. The zero-order chi connectivity index (χ0) is 17.0. The molecule has 0 aliphatic heterocycles. The van der Waals surface area contributed by atoms with E-state index in [0.29, 0.717) is 18.4 Å². The summed E-state index contributed by atoms with van der Waals surface area (Å²) in [4.78, 5) is 0. The maximum Gasteiger partial charge on any atom is 0.573 e. The number of benzene rings is 1. The quantitative estimate of drug-likeness (QED) is 0.802. The summed E-state index contributed by atoms with van der Waals surface area (Å²) in [5.74, 6) is -0.594. The van der Waals surface area contributed by atoms with Crippen molar-refractivity contribution < 1.29 is 27.2 Å². The third kappa shape index (κ3) is 5.94. The van der Waals surface area contributed by atoms with Crippen LogP contribution in [0.15, 0.2) is 24.3 Å². The maximum atomic E-state index is 12.3. The molecule has 0 spiro atoms. The van der Waals surface area contributed by atoms with E-state index in [9.17, 15) is 22.5 Å². The van der Waals surface area contributed by atoms with Crippen LogP contribution in [0.5, 0.6) is 5.75 Å². The van der Waals surface area contributed by atoms with E-state index in [0.717, 1.165) is 0 Å². The highest BCUT2D eigenvalue weighted by Crippen LogP contribution is 2.33. The number of aliphatic hydroxyl groups excluding tert-OH is 1. The summed E-state index contributed by atoms with van der Waals surface area (Å²) in [5.41, 5.74) is 0.578. The van der Waals surface area contributed by atoms with Crippen LogP contribution in [0.25, 0.3) is 0 Å². The minimum absolute atomic E-state index is 0.137. The van der Waals surface area contributed by atoms with Gasteiger partial charge in [-0.25, -0.2) is 4.21 Å². The highest BCUT2D eigenvalue weighted by atomic mass is 32.2. The summed E-state index contributed by atoms with van der Waals surface area (Å²) in [6, 6.07) is 5.59. The van der Waals surface area contributed by atoms with Gasteiger partial charge in [0.15, 0.2) is 0 Å². The first-order chi connectivity index (χ1) is 10.0. The number of nitrogens with two attached hydrogens (primary N) is 1. The van der Waals surface area contributed by atoms with Crippen molar-refractivity contribution in [3.05, 3.63) is 29.8 Å². The molecular weight excluding hydrogens is 319 g/mol. The molecule has 1 unspecified atom stereocenters. The van der Waals surface area contributed by atoms with Gasteiger partial charge in [0.05, 0.1) is 15.7 Å². The fourth-order valence-corrected chi connectivity index (χ4v) is 2.55. The van der Waals surface area contributed by atoms with Crippen molar-refractivity contribution in [3.63, 3.8) is 0 Å². The van der Waals surface area contributed by atoms with E-state index in [1.165, 1.54) is 18.2 Å². The Morgan fingerprint density at radius 2 is 2.00 bits per heavy atom. The third-order valence-electron chi connectivity index (χ3n) is 3.32. The molecule has 1 aromatic rings. The van der Waals surface area contributed by atoms with Crippen LogP contribution < -0.4 is 9.88 Å². The molecule has 0 aliphatic rings. The Kier molecular flexibility index (Phi) is 6.39. The number of alkyl halides is 3. The summed E-state index contributed by atoms with van der Waals surface area (Å²) in [6.45, 7) is 3.29. The lowest BCUT2D eigenvalue weighted by molar-refractivity contribution is -0.274. The number of halogens is 3. The van der Waals surface area contributed by atoms with E-state index >= 15 is 0 Å². The van der Waals surface area contributed by atoms with Gasteiger partial charge in [-0.15, -0.1) is 13.2 Å². The Bertz CT molecular complexity index is 520. The first kappa shape index (κ1) is 18.9. The molecule has 0 radical (unpaired) electrons. The van der Waals surface area contributed by atoms with Gasteiger partial charge in [-0.1, -0.05) is 12.1 Å². The van der Waals surface area contributed by atoms with Crippen LogP contribution in [-0.4, -0.2) is 27.0 Å². The smallest absolute Gasteiger partial charge is 0.406 e. The zero-order valence-corrected chi connectivity index (χ0v) is 13.2. The lowest BCUT2D eigenvalue weighted by atomic mass is 9.87. The van der Waals surface area contributed by atoms with Crippen molar-refractivity contribution in [1.29, 1.82) is 0 Å². The van der Waals surface area contributed by atoms with Crippen molar-refractivity contribution in [2.45, 2.75) is 43.7 Å². The Labute approximate surface area is 130 Å².